The van der Waals surface area contributed by atoms with Crippen molar-refractivity contribution in [3.05, 3.63) is 53.6 Å². The number of nitrogen functional groups attached to an aromatic ring is 1. The highest BCUT2D eigenvalue weighted by molar-refractivity contribution is 6.20. The number of carbonyl (C=O) groups is 1. The molecule has 2 atom stereocenters. The Labute approximate surface area is 145 Å². The van der Waals surface area contributed by atoms with Gasteiger partial charge in [0.25, 0.3) is 5.91 Å². The van der Waals surface area contributed by atoms with Gasteiger partial charge in [-0.3, -0.25) is 4.79 Å². The zero-order valence-electron chi connectivity index (χ0n) is 13.0. The zero-order chi connectivity index (χ0) is 16.8. The van der Waals surface area contributed by atoms with E-state index in [2.05, 4.69) is 0 Å². The van der Waals surface area contributed by atoms with E-state index < -0.39 is 12.1 Å². The number of fused-ring (bicyclic) bond motifs is 2. The number of anilines is 3. The van der Waals surface area contributed by atoms with Crippen molar-refractivity contribution in [1.29, 1.82) is 0 Å². The van der Waals surface area contributed by atoms with Crippen LogP contribution in [-0.4, -0.2) is 29.6 Å². The van der Waals surface area contributed by atoms with Crippen LogP contribution < -0.4 is 15.5 Å². The van der Waals surface area contributed by atoms with Crippen molar-refractivity contribution in [1.82, 2.24) is 0 Å². The third-order valence-electron chi connectivity index (χ3n) is 4.85. The van der Waals surface area contributed by atoms with E-state index in [9.17, 15) is 9.90 Å². The molecule has 0 saturated carbocycles. The number of carbonyl (C=O) groups excluding carboxylic acids is 1. The highest BCUT2D eigenvalue weighted by Crippen LogP contribution is 2.42. The molecule has 2 aromatic carbocycles. The Morgan fingerprint density at radius 2 is 2.04 bits per heavy atom. The van der Waals surface area contributed by atoms with Gasteiger partial charge in [-0.15, -0.1) is 11.6 Å². The lowest BCUT2D eigenvalue weighted by Gasteiger charge is -2.29. The normalized spacial score (nSPS) is 21.8. The van der Waals surface area contributed by atoms with Gasteiger partial charge in [0.1, 0.15) is 12.1 Å². The summed E-state index contributed by atoms with van der Waals surface area (Å²) in [4.78, 5) is 16.7. The maximum atomic E-state index is 13.2. The summed E-state index contributed by atoms with van der Waals surface area (Å²) in [6.07, 6.45) is -0.117. The predicted octanol–water partition coefficient (Wildman–Crippen LogP) is 2.28. The maximum absolute atomic E-state index is 13.2. The smallest absolute Gasteiger partial charge is 0.252 e. The first-order valence-corrected chi connectivity index (χ1v) is 8.44. The van der Waals surface area contributed by atoms with E-state index in [0.29, 0.717) is 17.8 Å². The van der Waals surface area contributed by atoms with Crippen LogP contribution in [0.15, 0.2) is 42.5 Å². The zero-order valence-corrected chi connectivity index (χ0v) is 13.8. The number of nitrogens with zero attached hydrogens (tertiary/aromatic N) is 2. The van der Waals surface area contributed by atoms with Gasteiger partial charge in [-0.25, -0.2) is 0 Å². The molecule has 0 spiro atoms. The summed E-state index contributed by atoms with van der Waals surface area (Å²) in [5, 5.41) is 10.7. The molecule has 4 rings (SSSR count). The highest BCUT2D eigenvalue weighted by atomic mass is 35.5. The molecule has 2 aromatic rings. The monoisotopic (exact) mass is 343 g/mol. The number of amides is 1. The van der Waals surface area contributed by atoms with Crippen molar-refractivity contribution in [3.63, 3.8) is 0 Å². The average molecular weight is 344 g/mol. The number of aliphatic hydroxyl groups is 1. The second kappa shape index (κ2) is 5.69. The summed E-state index contributed by atoms with van der Waals surface area (Å²) in [5.41, 5.74) is 9.87. The maximum Gasteiger partial charge on any atom is 0.252 e. The summed E-state index contributed by atoms with van der Waals surface area (Å²) in [6.45, 7) is 0.621. The van der Waals surface area contributed by atoms with E-state index in [1.807, 2.05) is 30.3 Å². The number of aliphatic hydroxyl groups excluding tert-OH is 1. The van der Waals surface area contributed by atoms with Gasteiger partial charge in [-0.05, 0) is 36.2 Å². The van der Waals surface area contributed by atoms with Crippen molar-refractivity contribution >= 4 is 34.6 Å². The van der Waals surface area contributed by atoms with E-state index >= 15 is 0 Å². The molecular formula is C18H18ClN3O2. The first kappa shape index (κ1) is 15.3. The van der Waals surface area contributed by atoms with Crippen LogP contribution in [-0.2, 0) is 11.2 Å². The van der Waals surface area contributed by atoms with Gasteiger partial charge >= 0.3 is 0 Å². The van der Waals surface area contributed by atoms with Crippen molar-refractivity contribution < 1.29 is 9.90 Å². The molecular weight excluding hydrogens is 326 g/mol. The minimum atomic E-state index is -0.942. The van der Waals surface area contributed by atoms with Gasteiger partial charge in [0.15, 0.2) is 0 Å². The standard InChI is InChI=1S/C18H18ClN3O2/c19-10-22-15-6-5-12(20)9-13(15)17(23)16(22)18(24)21-8-7-11-3-1-2-4-14(11)21/h1-6,9,16-17,23H,7-8,10,20H2. The molecule has 0 bridgehead atoms. The average Bonchev–Trinajstić information content (AvgIpc) is 3.13. The molecule has 5 nitrogen and oxygen atoms in total. The van der Waals surface area contributed by atoms with Gasteiger partial charge in [0.2, 0.25) is 0 Å². The summed E-state index contributed by atoms with van der Waals surface area (Å²) < 4.78 is 0. The quantitative estimate of drug-likeness (QED) is 0.498. The summed E-state index contributed by atoms with van der Waals surface area (Å²) >= 11 is 6.10. The molecule has 0 aromatic heterocycles. The molecule has 0 radical (unpaired) electrons. The molecule has 0 aliphatic carbocycles. The summed E-state index contributed by atoms with van der Waals surface area (Å²) in [5.74, 6) is -0.136. The van der Waals surface area contributed by atoms with Crippen LogP contribution in [0.5, 0.6) is 0 Å². The molecule has 2 aliphatic rings. The van der Waals surface area contributed by atoms with E-state index in [0.717, 1.165) is 23.4 Å². The summed E-state index contributed by atoms with van der Waals surface area (Å²) in [7, 11) is 0. The first-order chi connectivity index (χ1) is 11.6. The fraction of sp³-hybridized carbons (Fsp3) is 0.278. The number of hydrogen-bond donors (Lipinski definition) is 2. The predicted molar refractivity (Wildman–Crippen MR) is 95.3 cm³/mol. The van der Waals surface area contributed by atoms with Gasteiger partial charge in [-0.2, -0.15) is 0 Å². The Bertz CT molecular complexity index is 811. The van der Waals surface area contributed by atoms with Crippen molar-refractivity contribution in [3.8, 4) is 0 Å². The molecule has 2 heterocycles. The minimum Gasteiger partial charge on any atom is -0.399 e. The van der Waals surface area contributed by atoms with E-state index in [1.165, 1.54) is 0 Å². The van der Waals surface area contributed by atoms with Gasteiger partial charge in [-0.1, -0.05) is 18.2 Å². The topological polar surface area (TPSA) is 69.8 Å². The van der Waals surface area contributed by atoms with E-state index in [-0.39, 0.29) is 11.9 Å². The molecule has 0 saturated heterocycles. The fourth-order valence-corrected chi connectivity index (χ4v) is 3.97. The van der Waals surface area contributed by atoms with Crippen molar-refractivity contribution in [2.24, 2.45) is 0 Å². The molecule has 6 heteroatoms. The van der Waals surface area contributed by atoms with Crippen LogP contribution in [0.25, 0.3) is 0 Å². The van der Waals surface area contributed by atoms with Crippen LogP contribution in [0.1, 0.15) is 17.2 Å². The number of hydrogen-bond acceptors (Lipinski definition) is 4. The lowest BCUT2D eigenvalue weighted by atomic mass is 10.0. The van der Waals surface area contributed by atoms with E-state index in [4.69, 9.17) is 17.3 Å². The van der Waals surface area contributed by atoms with Crippen molar-refractivity contribution in [2.45, 2.75) is 18.6 Å². The molecule has 24 heavy (non-hydrogen) atoms. The third-order valence-corrected chi connectivity index (χ3v) is 5.11. The first-order valence-electron chi connectivity index (χ1n) is 7.91. The number of rotatable bonds is 2. The minimum absolute atomic E-state index is 0.125. The number of alkyl halides is 1. The van der Waals surface area contributed by atoms with Gasteiger partial charge in [0.05, 0.1) is 6.00 Å². The van der Waals surface area contributed by atoms with Crippen LogP contribution in [0, 0.1) is 0 Å². The number of halogens is 1. The van der Waals surface area contributed by atoms with Crippen LogP contribution in [0.3, 0.4) is 0 Å². The molecule has 1 amide bonds. The molecule has 2 aliphatic heterocycles. The van der Waals surface area contributed by atoms with Gasteiger partial charge in [0, 0.05) is 29.2 Å². The van der Waals surface area contributed by atoms with E-state index in [1.54, 1.807) is 21.9 Å². The summed E-state index contributed by atoms with van der Waals surface area (Å²) in [6, 6.07) is 12.5. The Balaban J connectivity index is 1.71. The van der Waals surface area contributed by atoms with Crippen LogP contribution in [0.4, 0.5) is 17.1 Å². The second-order valence-corrected chi connectivity index (χ2v) is 6.40. The highest BCUT2D eigenvalue weighted by Gasteiger charge is 2.44. The molecule has 3 N–H and O–H groups in total. The lowest BCUT2D eigenvalue weighted by molar-refractivity contribution is -0.121. The van der Waals surface area contributed by atoms with Crippen molar-refractivity contribution in [2.75, 3.05) is 28.1 Å². The fourth-order valence-electron chi connectivity index (χ4n) is 3.70. The SMILES string of the molecule is Nc1ccc2c(c1)C(O)C(C(=O)N1CCc3ccccc31)N2CCl. The molecule has 0 fully saturated rings. The second-order valence-electron chi connectivity index (χ2n) is 6.17. The largest absolute Gasteiger partial charge is 0.399 e. The Hall–Kier alpha value is -2.24. The molecule has 2 unspecified atom stereocenters. The number of para-hydroxylation sites is 1. The Morgan fingerprint density at radius 1 is 1.25 bits per heavy atom. The lowest BCUT2D eigenvalue weighted by Crippen LogP contribution is -2.48. The molecule has 124 valence electrons. The van der Waals surface area contributed by atoms with Gasteiger partial charge < -0.3 is 20.6 Å². The third kappa shape index (κ3) is 2.16. The Kier molecular flexibility index (Phi) is 3.62. The Morgan fingerprint density at radius 3 is 2.83 bits per heavy atom. The number of nitrogens with two attached hydrogens (primary N) is 1. The van der Waals surface area contributed by atoms with Crippen LogP contribution in [0.2, 0.25) is 0 Å². The number of benzene rings is 2. The van der Waals surface area contributed by atoms with Crippen LogP contribution >= 0.6 is 11.6 Å².